The lowest BCUT2D eigenvalue weighted by atomic mass is 9.98. The molecule has 0 saturated heterocycles. The van der Waals surface area contributed by atoms with Gasteiger partial charge in [-0.2, -0.15) is 4.98 Å². The van der Waals surface area contributed by atoms with E-state index in [4.69, 9.17) is 4.74 Å². The SMILES string of the molecule is CCn1c(=O)ccc2[nH]cc(-c3cc(OC4CCCCC4)nc(C)n3)c21. The van der Waals surface area contributed by atoms with Crippen molar-refractivity contribution in [2.75, 3.05) is 0 Å². The van der Waals surface area contributed by atoms with E-state index in [2.05, 4.69) is 15.0 Å². The number of fused-ring (bicyclic) bond motifs is 1. The van der Waals surface area contributed by atoms with Crippen molar-refractivity contribution in [2.24, 2.45) is 0 Å². The van der Waals surface area contributed by atoms with E-state index in [1.807, 2.05) is 32.2 Å². The first-order valence-electron chi connectivity index (χ1n) is 9.39. The number of hydrogen-bond acceptors (Lipinski definition) is 4. The molecule has 0 radical (unpaired) electrons. The Morgan fingerprint density at radius 1 is 1.23 bits per heavy atom. The maximum Gasteiger partial charge on any atom is 0.251 e. The molecule has 3 heterocycles. The second kappa shape index (κ2) is 6.94. The molecule has 0 aliphatic heterocycles. The highest BCUT2D eigenvalue weighted by atomic mass is 16.5. The Hall–Kier alpha value is -2.63. The Balaban J connectivity index is 1.77. The van der Waals surface area contributed by atoms with Crippen LogP contribution in [-0.4, -0.2) is 25.6 Å². The molecule has 1 aliphatic rings. The highest BCUT2D eigenvalue weighted by molar-refractivity contribution is 5.91. The first-order valence-corrected chi connectivity index (χ1v) is 9.39. The summed E-state index contributed by atoms with van der Waals surface area (Å²) in [5.74, 6) is 1.29. The fraction of sp³-hybridized carbons (Fsp3) is 0.450. The monoisotopic (exact) mass is 352 g/mol. The molecular weight excluding hydrogens is 328 g/mol. The van der Waals surface area contributed by atoms with Crippen molar-refractivity contribution in [1.82, 2.24) is 19.5 Å². The van der Waals surface area contributed by atoms with Gasteiger partial charge >= 0.3 is 0 Å². The van der Waals surface area contributed by atoms with Crippen LogP contribution in [0.3, 0.4) is 0 Å². The van der Waals surface area contributed by atoms with Gasteiger partial charge in [0.05, 0.1) is 16.7 Å². The van der Waals surface area contributed by atoms with Crippen molar-refractivity contribution in [3.8, 4) is 17.1 Å². The Bertz CT molecular complexity index is 983. The molecule has 1 aliphatic carbocycles. The molecular formula is C20H24N4O2. The largest absolute Gasteiger partial charge is 0.474 e. The molecule has 0 bridgehead atoms. The Labute approximate surface area is 152 Å². The lowest BCUT2D eigenvalue weighted by molar-refractivity contribution is 0.148. The summed E-state index contributed by atoms with van der Waals surface area (Å²) in [6.07, 6.45) is 8.03. The predicted molar refractivity (Wildman–Crippen MR) is 101 cm³/mol. The van der Waals surface area contributed by atoms with Crippen LogP contribution in [0.2, 0.25) is 0 Å². The lowest BCUT2D eigenvalue weighted by Crippen LogP contribution is -2.20. The van der Waals surface area contributed by atoms with Crippen LogP contribution in [-0.2, 0) is 6.54 Å². The van der Waals surface area contributed by atoms with Crippen LogP contribution >= 0.6 is 0 Å². The summed E-state index contributed by atoms with van der Waals surface area (Å²) in [5, 5.41) is 0. The Morgan fingerprint density at radius 2 is 2.04 bits per heavy atom. The number of pyridine rings is 1. The van der Waals surface area contributed by atoms with Gasteiger partial charge in [-0.05, 0) is 45.6 Å². The predicted octanol–water partition coefficient (Wildman–Crippen LogP) is 3.83. The first kappa shape index (κ1) is 16.8. The van der Waals surface area contributed by atoms with Gasteiger partial charge in [-0.3, -0.25) is 4.79 Å². The molecule has 0 atom stereocenters. The van der Waals surface area contributed by atoms with E-state index in [1.165, 1.54) is 19.3 Å². The molecule has 0 spiro atoms. The molecule has 0 aromatic carbocycles. The summed E-state index contributed by atoms with van der Waals surface area (Å²) in [5.41, 5.74) is 3.47. The van der Waals surface area contributed by atoms with Gasteiger partial charge in [0.25, 0.3) is 5.56 Å². The van der Waals surface area contributed by atoms with Crippen molar-refractivity contribution < 1.29 is 4.74 Å². The van der Waals surface area contributed by atoms with Crippen LogP contribution in [0.5, 0.6) is 5.88 Å². The maximum atomic E-state index is 12.2. The van der Waals surface area contributed by atoms with Crippen LogP contribution in [0.15, 0.2) is 29.2 Å². The number of aromatic nitrogens is 4. The highest BCUT2D eigenvalue weighted by Crippen LogP contribution is 2.29. The van der Waals surface area contributed by atoms with E-state index in [-0.39, 0.29) is 11.7 Å². The van der Waals surface area contributed by atoms with Gasteiger partial charge in [0.2, 0.25) is 5.88 Å². The maximum absolute atomic E-state index is 12.2. The minimum Gasteiger partial charge on any atom is -0.474 e. The van der Waals surface area contributed by atoms with Crippen LogP contribution in [0.4, 0.5) is 0 Å². The fourth-order valence-electron chi connectivity index (χ4n) is 3.81. The highest BCUT2D eigenvalue weighted by Gasteiger charge is 2.18. The molecule has 6 nitrogen and oxygen atoms in total. The smallest absolute Gasteiger partial charge is 0.251 e. The summed E-state index contributed by atoms with van der Waals surface area (Å²) >= 11 is 0. The van der Waals surface area contributed by atoms with Crippen molar-refractivity contribution in [3.63, 3.8) is 0 Å². The van der Waals surface area contributed by atoms with E-state index in [1.54, 1.807) is 10.6 Å². The van der Waals surface area contributed by atoms with E-state index in [0.29, 0.717) is 18.2 Å². The number of ether oxygens (including phenoxy) is 1. The third kappa shape index (κ3) is 3.11. The zero-order valence-corrected chi connectivity index (χ0v) is 15.3. The van der Waals surface area contributed by atoms with Crippen molar-refractivity contribution in [3.05, 3.63) is 40.6 Å². The number of hydrogen-bond donors (Lipinski definition) is 1. The van der Waals surface area contributed by atoms with Crippen LogP contribution < -0.4 is 10.3 Å². The molecule has 1 fully saturated rings. The topological polar surface area (TPSA) is 72.8 Å². The number of aromatic amines is 1. The van der Waals surface area contributed by atoms with Gasteiger partial charge in [0.1, 0.15) is 11.9 Å². The first-order chi connectivity index (χ1) is 12.7. The van der Waals surface area contributed by atoms with Crippen molar-refractivity contribution in [2.45, 2.75) is 58.6 Å². The molecule has 6 heteroatoms. The van der Waals surface area contributed by atoms with Gasteiger partial charge in [-0.15, -0.1) is 0 Å². The third-order valence-electron chi connectivity index (χ3n) is 5.06. The summed E-state index contributed by atoms with van der Waals surface area (Å²) < 4.78 is 7.90. The number of aryl methyl sites for hydroxylation is 2. The third-order valence-corrected chi connectivity index (χ3v) is 5.06. The summed E-state index contributed by atoms with van der Waals surface area (Å²) in [6, 6.07) is 5.30. The number of rotatable bonds is 4. The van der Waals surface area contributed by atoms with Crippen molar-refractivity contribution >= 4 is 11.0 Å². The minimum absolute atomic E-state index is 0.00897. The molecule has 0 unspecified atom stereocenters. The van der Waals surface area contributed by atoms with Gasteiger partial charge < -0.3 is 14.3 Å². The molecule has 4 rings (SSSR count). The van der Waals surface area contributed by atoms with E-state index in [0.717, 1.165) is 35.1 Å². The molecule has 1 saturated carbocycles. The summed E-state index contributed by atoms with van der Waals surface area (Å²) in [4.78, 5) is 24.5. The normalized spacial score (nSPS) is 15.5. The zero-order valence-electron chi connectivity index (χ0n) is 15.3. The average molecular weight is 352 g/mol. The molecule has 3 aromatic rings. The molecule has 26 heavy (non-hydrogen) atoms. The number of nitrogens with one attached hydrogen (secondary N) is 1. The minimum atomic E-state index is -0.00897. The van der Waals surface area contributed by atoms with Crippen LogP contribution in [0.25, 0.3) is 22.3 Å². The quantitative estimate of drug-likeness (QED) is 0.774. The van der Waals surface area contributed by atoms with Gasteiger partial charge in [0.15, 0.2) is 0 Å². The number of nitrogens with zero attached hydrogens (tertiary/aromatic N) is 3. The van der Waals surface area contributed by atoms with Gasteiger partial charge in [-0.25, -0.2) is 4.98 Å². The van der Waals surface area contributed by atoms with Gasteiger partial charge in [0, 0.05) is 30.4 Å². The van der Waals surface area contributed by atoms with Crippen LogP contribution in [0.1, 0.15) is 44.9 Å². The summed E-state index contributed by atoms with van der Waals surface area (Å²) in [7, 11) is 0. The molecule has 0 amide bonds. The summed E-state index contributed by atoms with van der Waals surface area (Å²) in [6.45, 7) is 4.45. The Morgan fingerprint density at radius 3 is 2.81 bits per heavy atom. The van der Waals surface area contributed by atoms with Gasteiger partial charge in [-0.1, -0.05) is 6.42 Å². The number of H-pyrrole nitrogens is 1. The second-order valence-corrected chi connectivity index (χ2v) is 6.90. The van der Waals surface area contributed by atoms with E-state index >= 15 is 0 Å². The van der Waals surface area contributed by atoms with E-state index < -0.39 is 0 Å². The second-order valence-electron chi connectivity index (χ2n) is 6.90. The molecule has 3 aromatic heterocycles. The van der Waals surface area contributed by atoms with E-state index in [9.17, 15) is 4.79 Å². The fourth-order valence-corrected chi connectivity index (χ4v) is 3.81. The lowest BCUT2D eigenvalue weighted by Gasteiger charge is -2.22. The Kier molecular flexibility index (Phi) is 4.49. The molecule has 136 valence electrons. The van der Waals surface area contributed by atoms with Crippen LogP contribution in [0, 0.1) is 6.92 Å². The van der Waals surface area contributed by atoms with Crippen molar-refractivity contribution in [1.29, 1.82) is 0 Å². The standard InChI is InChI=1S/C20H24N4O2/c1-3-24-19(25)10-9-16-20(24)15(12-21-16)17-11-18(23-13(2)22-17)26-14-7-5-4-6-8-14/h9-12,14,21H,3-8H2,1-2H3. The average Bonchev–Trinajstić information content (AvgIpc) is 3.06. The molecule has 1 N–H and O–H groups in total. The zero-order chi connectivity index (χ0) is 18.1.